The van der Waals surface area contributed by atoms with Crippen LogP contribution in [0.4, 0.5) is 5.13 Å². The first-order valence-corrected chi connectivity index (χ1v) is 13.1. The van der Waals surface area contributed by atoms with E-state index >= 15 is 0 Å². The molecular weight excluding hydrogens is 472 g/mol. The lowest BCUT2D eigenvalue weighted by Crippen LogP contribution is -2.31. The predicted molar refractivity (Wildman–Crippen MR) is 145 cm³/mol. The van der Waals surface area contributed by atoms with E-state index in [0.717, 1.165) is 17.7 Å². The number of carbonyl (C=O) groups is 1. The second-order valence-corrected chi connectivity index (χ2v) is 11.6. The zero-order valence-electron chi connectivity index (χ0n) is 20.9. The number of benzene rings is 2. The lowest BCUT2D eigenvalue weighted by Gasteiger charge is -2.18. The van der Waals surface area contributed by atoms with E-state index in [1.165, 1.54) is 16.9 Å². The first kappa shape index (κ1) is 24.2. The van der Waals surface area contributed by atoms with Gasteiger partial charge in [-0.25, -0.2) is 9.78 Å². The summed E-state index contributed by atoms with van der Waals surface area (Å²) in [5.41, 5.74) is 3.40. The highest BCUT2D eigenvalue weighted by atomic mass is 32.1. The van der Waals surface area contributed by atoms with Gasteiger partial charge in [-0.05, 0) is 40.9 Å². The van der Waals surface area contributed by atoms with Crippen LogP contribution in [0.5, 0.6) is 0 Å². The molecule has 1 aliphatic rings. The number of hydrogen-bond acceptors (Lipinski definition) is 5. The molecule has 5 rings (SSSR count). The van der Waals surface area contributed by atoms with Crippen molar-refractivity contribution in [3.05, 3.63) is 79.8 Å². The second kappa shape index (κ2) is 9.17. The Morgan fingerprint density at radius 1 is 1.17 bits per heavy atom. The molecule has 2 N–H and O–H groups in total. The number of aromatic nitrogens is 3. The van der Waals surface area contributed by atoms with Crippen LogP contribution < -0.4 is 16.6 Å². The standard InChI is InChI=1S/C28H30N4O3S/c1-16-12-19(16)14-32-22-7-5-6-18(24(22)25(34)31-27(32)35)13-23(33)30-26-29-21(15-36-26)17-8-10-20(11-9-17)28(2,3)4/h5-11,15-16,19H,12-14H2,1-4H3,(H,29,30,33)(H,31,34,35). The van der Waals surface area contributed by atoms with Gasteiger partial charge < -0.3 is 5.32 Å². The minimum absolute atomic E-state index is 0.00759. The van der Waals surface area contributed by atoms with Gasteiger partial charge in [-0.15, -0.1) is 11.3 Å². The fourth-order valence-electron chi connectivity index (χ4n) is 4.57. The Hall–Kier alpha value is -3.52. The summed E-state index contributed by atoms with van der Waals surface area (Å²) in [5, 5.41) is 5.67. The maximum atomic E-state index is 12.9. The Labute approximate surface area is 213 Å². The van der Waals surface area contributed by atoms with Gasteiger partial charge in [0.15, 0.2) is 5.13 Å². The average molecular weight is 503 g/mol. The van der Waals surface area contributed by atoms with Crippen molar-refractivity contribution in [3.8, 4) is 11.3 Å². The molecule has 0 spiro atoms. The van der Waals surface area contributed by atoms with Crippen LogP contribution in [0.2, 0.25) is 0 Å². The molecule has 36 heavy (non-hydrogen) atoms. The number of fused-ring (bicyclic) bond motifs is 1. The van der Waals surface area contributed by atoms with Crippen molar-refractivity contribution >= 4 is 33.3 Å². The van der Waals surface area contributed by atoms with Crippen LogP contribution in [0.15, 0.2) is 57.4 Å². The Morgan fingerprint density at radius 3 is 2.56 bits per heavy atom. The van der Waals surface area contributed by atoms with Gasteiger partial charge in [0.25, 0.3) is 5.56 Å². The Morgan fingerprint density at radius 2 is 1.89 bits per heavy atom. The highest BCUT2D eigenvalue weighted by molar-refractivity contribution is 7.14. The molecule has 8 heteroatoms. The largest absolute Gasteiger partial charge is 0.328 e. The zero-order valence-corrected chi connectivity index (χ0v) is 21.7. The van der Waals surface area contributed by atoms with Crippen molar-refractivity contribution in [1.29, 1.82) is 0 Å². The van der Waals surface area contributed by atoms with Crippen molar-refractivity contribution in [2.24, 2.45) is 11.8 Å². The third-order valence-corrected chi connectivity index (χ3v) is 7.71. The van der Waals surface area contributed by atoms with E-state index in [9.17, 15) is 14.4 Å². The quantitative estimate of drug-likeness (QED) is 0.390. The Balaban J connectivity index is 1.35. The van der Waals surface area contributed by atoms with Crippen molar-refractivity contribution in [3.63, 3.8) is 0 Å². The summed E-state index contributed by atoms with van der Waals surface area (Å²) in [6.45, 7) is 9.25. The van der Waals surface area contributed by atoms with E-state index in [0.29, 0.717) is 40.0 Å². The lowest BCUT2D eigenvalue weighted by molar-refractivity contribution is -0.115. The number of carbonyl (C=O) groups excluding carboxylic acids is 1. The minimum Gasteiger partial charge on any atom is -0.302 e. The third-order valence-electron chi connectivity index (χ3n) is 6.95. The van der Waals surface area contributed by atoms with E-state index in [1.54, 1.807) is 22.8 Å². The van der Waals surface area contributed by atoms with Gasteiger partial charge in [-0.3, -0.25) is 19.1 Å². The van der Waals surface area contributed by atoms with Gasteiger partial charge in [0.05, 0.1) is 23.0 Å². The number of amides is 1. The van der Waals surface area contributed by atoms with Crippen molar-refractivity contribution < 1.29 is 4.79 Å². The Bertz CT molecular complexity index is 1560. The number of anilines is 1. The molecule has 1 fully saturated rings. The van der Waals surface area contributed by atoms with Gasteiger partial charge in [0, 0.05) is 17.5 Å². The first-order valence-electron chi connectivity index (χ1n) is 12.2. The van der Waals surface area contributed by atoms with Crippen molar-refractivity contribution in [2.75, 3.05) is 5.32 Å². The molecular formula is C28H30N4O3S. The summed E-state index contributed by atoms with van der Waals surface area (Å²) >= 11 is 1.36. The third kappa shape index (κ3) is 4.91. The van der Waals surface area contributed by atoms with E-state index in [-0.39, 0.29) is 17.7 Å². The van der Waals surface area contributed by atoms with Crippen molar-refractivity contribution in [2.45, 2.75) is 52.5 Å². The highest BCUT2D eigenvalue weighted by Gasteiger charge is 2.33. The molecule has 7 nitrogen and oxygen atoms in total. The summed E-state index contributed by atoms with van der Waals surface area (Å²) in [7, 11) is 0. The summed E-state index contributed by atoms with van der Waals surface area (Å²) in [6, 6.07) is 13.6. The van der Waals surface area contributed by atoms with E-state index in [4.69, 9.17) is 0 Å². The molecule has 2 aromatic heterocycles. The maximum Gasteiger partial charge on any atom is 0.328 e. The predicted octanol–water partition coefficient (Wildman–Crippen LogP) is 4.95. The number of thiazole rings is 1. The number of nitrogens with zero attached hydrogens (tertiary/aromatic N) is 2. The summed E-state index contributed by atoms with van der Waals surface area (Å²) in [5.74, 6) is 0.749. The molecule has 2 heterocycles. The summed E-state index contributed by atoms with van der Waals surface area (Å²) < 4.78 is 1.63. The minimum atomic E-state index is -0.464. The molecule has 0 bridgehead atoms. The van der Waals surface area contributed by atoms with Crippen LogP contribution in [-0.2, 0) is 23.2 Å². The topological polar surface area (TPSA) is 96.9 Å². The molecule has 1 aliphatic carbocycles. The normalized spacial score (nSPS) is 17.3. The molecule has 1 saturated carbocycles. The van der Waals surface area contributed by atoms with E-state index in [1.807, 2.05) is 17.5 Å². The molecule has 2 atom stereocenters. The van der Waals surface area contributed by atoms with Gasteiger partial charge >= 0.3 is 5.69 Å². The fraction of sp³-hybridized carbons (Fsp3) is 0.357. The van der Waals surface area contributed by atoms with Gasteiger partial charge in [0.1, 0.15) is 0 Å². The average Bonchev–Trinajstić information content (AvgIpc) is 3.31. The number of H-pyrrole nitrogens is 1. The number of hydrogen-bond donors (Lipinski definition) is 2. The number of nitrogens with one attached hydrogen (secondary N) is 2. The molecule has 4 aromatic rings. The molecule has 1 amide bonds. The van der Waals surface area contributed by atoms with Crippen LogP contribution >= 0.6 is 11.3 Å². The molecule has 2 aromatic carbocycles. The van der Waals surface area contributed by atoms with Gasteiger partial charge in [-0.1, -0.05) is 64.1 Å². The van der Waals surface area contributed by atoms with Crippen LogP contribution in [0.1, 0.15) is 45.2 Å². The first-order chi connectivity index (χ1) is 17.1. The number of aromatic amines is 1. The molecule has 0 aliphatic heterocycles. The highest BCUT2D eigenvalue weighted by Crippen LogP contribution is 2.39. The van der Waals surface area contributed by atoms with E-state index < -0.39 is 11.2 Å². The molecule has 186 valence electrons. The number of rotatable bonds is 6. The van der Waals surface area contributed by atoms with E-state index in [2.05, 4.69) is 55.1 Å². The zero-order chi connectivity index (χ0) is 25.6. The van der Waals surface area contributed by atoms with Crippen LogP contribution in [0.25, 0.3) is 22.2 Å². The van der Waals surface area contributed by atoms with Crippen LogP contribution in [0, 0.1) is 11.8 Å². The monoisotopic (exact) mass is 502 g/mol. The Kier molecular flexibility index (Phi) is 6.16. The molecule has 2 unspecified atom stereocenters. The second-order valence-electron chi connectivity index (χ2n) is 10.7. The summed E-state index contributed by atoms with van der Waals surface area (Å²) in [4.78, 5) is 45.1. The lowest BCUT2D eigenvalue weighted by atomic mass is 9.86. The fourth-order valence-corrected chi connectivity index (χ4v) is 5.30. The SMILES string of the molecule is CC1CC1Cn1c(=O)[nH]c(=O)c2c(CC(=O)Nc3nc(-c4ccc(C(C)(C)C)cc4)cs3)cccc21. The molecule has 0 saturated heterocycles. The van der Waals surface area contributed by atoms with Gasteiger partial charge in [0.2, 0.25) is 5.91 Å². The summed E-state index contributed by atoms with van der Waals surface area (Å²) in [6.07, 6.45) is 1.08. The van der Waals surface area contributed by atoms with Crippen LogP contribution in [0.3, 0.4) is 0 Å². The van der Waals surface area contributed by atoms with Crippen LogP contribution in [-0.4, -0.2) is 20.4 Å². The molecule has 0 radical (unpaired) electrons. The van der Waals surface area contributed by atoms with Crippen molar-refractivity contribution in [1.82, 2.24) is 14.5 Å². The maximum absolute atomic E-state index is 12.9. The van der Waals surface area contributed by atoms with Gasteiger partial charge in [-0.2, -0.15) is 0 Å². The smallest absolute Gasteiger partial charge is 0.302 e.